The van der Waals surface area contributed by atoms with E-state index >= 15 is 0 Å². The molecule has 0 radical (unpaired) electrons. The summed E-state index contributed by atoms with van der Waals surface area (Å²) >= 11 is 0. The zero-order chi connectivity index (χ0) is 43.3. The lowest BCUT2D eigenvalue weighted by atomic mass is 9.75. The maximum atomic E-state index is 13.5. The van der Waals surface area contributed by atoms with E-state index in [0.717, 1.165) is 41.3 Å². The summed E-state index contributed by atoms with van der Waals surface area (Å²) in [6.07, 6.45) is -9.88. The first kappa shape index (κ1) is 46.4. The Morgan fingerprint density at radius 1 is 0.632 bits per heavy atom. The van der Waals surface area contributed by atoms with Crippen LogP contribution in [0.4, 0.5) is 42.5 Å². The number of esters is 4. The number of rotatable bonds is 10. The van der Waals surface area contributed by atoms with Gasteiger partial charge in [0.1, 0.15) is 5.60 Å². The minimum absolute atomic E-state index is 0.0341. The number of hydrogen-bond acceptors (Lipinski definition) is 11. The third kappa shape index (κ3) is 8.78. The van der Waals surface area contributed by atoms with E-state index in [0.29, 0.717) is 6.42 Å². The van der Waals surface area contributed by atoms with Crippen LogP contribution in [0.1, 0.15) is 97.4 Å². The monoisotopic (exact) mass is 818 g/mol. The van der Waals surface area contributed by atoms with Crippen LogP contribution in [0, 0.1) is 0 Å². The molecule has 2 aliphatic rings. The zero-order valence-electron chi connectivity index (χ0n) is 33.2. The van der Waals surface area contributed by atoms with E-state index in [9.17, 15) is 50.3 Å². The Hall–Kier alpha value is -5.03. The molecule has 12 nitrogen and oxygen atoms in total. The number of hydrogen-bond donors (Lipinski definition) is 1. The van der Waals surface area contributed by atoms with Gasteiger partial charge in [-0.15, -0.1) is 0 Å². The standard InChI is InChI=1S/C22H28F3NO6.C17H20F3NO4/c1-7-16-21(17(27)30-8-2,18(28)31-9-3)14-11-10-13(22(23,24)25)12-15(14)26(16)19(29)32-20(4,5)6;1-4-13-16(14(22)24-5-2,15(23)25-6-3)11-8-7-10(17(18,19)20)9-12(11)21-13/h10-12,16H,7-9H2,1-6H3;7-9,13,21H,4-6H2,1-3H3. The highest BCUT2D eigenvalue weighted by atomic mass is 19.4. The van der Waals surface area contributed by atoms with Crippen LogP contribution in [-0.4, -0.2) is 74.1 Å². The predicted molar refractivity (Wildman–Crippen MR) is 193 cm³/mol. The van der Waals surface area contributed by atoms with Gasteiger partial charge in [-0.3, -0.25) is 24.1 Å². The molecule has 316 valence electrons. The molecule has 1 N–H and O–H groups in total. The largest absolute Gasteiger partial charge is 0.465 e. The number of halogens is 6. The van der Waals surface area contributed by atoms with Gasteiger partial charge in [0.05, 0.1) is 55.3 Å². The number of fused-ring (bicyclic) bond motifs is 2. The molecule has 2 aliphatic heterocycles. The molecule has 57 heavy (non-hydrogen) atoms. The molecule has 1 amide bonds. The van der Waals surface area contributed by atoms with E-state index < -0.39 is 82.0 Å². The first-order chi connectivity index (χ1) is 26.5. The van der Waals surface area contributed by atoms with Gasteiger partial charge in [-0.1, -0.05) is 26.0 Å². The number of benzene rings is 2. The van der Waals surface area contributed by atoms with E-state index in [4.69, 9.17) is 23.7 Å². The highest BCUT2D eigenvalue weighted by Gasteiger charge is 2.65. The second kappa shape index (κ2) is 17.6. The van der Waals surface area contributed by atoms with Gasteiger partial charge in [0.2, 0.25) is 10.8 Å². The Kier molecular flexibility index (Phi) is 14.3. The van der Waals surface area contributed by atoms with Crippen LogP contribution in [0.3, 0.4) is 0 Å². The van der Waals surface area contributed by atoms with Gasteiger partial charge >= 0.3 is 42.3 Å². The Bertz CT molecular complexity index is 1790. The molecule has 4 rings (SSSR count). The minimum atomic E-state index is -4.71. The van der Waals surface area contributed by atoms with Gasteiger partial charge in [-0.25, -0.2) is 4.79 Å². The fourth-order valence-electron chi connectivity index (χ4n) is 7.03. The van der Waals surface area contributed by atoms with E-state index in [2.05, 4.69) is 5.32 Å². The highest BCUT2D eigenvalue weighted by Crippen LogP contribution is 2.51. The van der Waals surface area contributed by atoms with Crippen LogP contribution >= 0.6 is 0 Å². The maximum absolute atomic E-state index is 13.5. The van der Waals surface area contributed by atoms with Gasteiger partial charge in [-0.05, 0) is 85.6 Å². The van der Waals surface area contributed by atoms with Crippen molar-refractivity contribution in [2.24, 2.45) is 0 Å². The SMILES string of the molecule is CCOC(=O)C1(C(=O)OCC)c2ccc(C(F)(F)F)cc2N(C(=O)OC(C)(C)C)C1CC.CCOC(=O)C1(C(=O)OCC)c2ccc(C(F)(F)F)cc2NC1CC. The van der Waals surface area contributed by atoms with Crippen molar-refractivity contribution in [3.05, 3.63) is 58.7 Å². The molecule has 0 saturated heterocycles. The lowest BCUT2D eigenvalue weighted by Gasteiger charge is -2.34. The molecule has 2 heterocycles. The summed E-state index contributed by atoms with van der Waals surface area (Å²) in [5, 5.41) is 2.86. The molecular weight excluding hydrogens is 770 g/mol. The van der Waals surface area contributed by atoms with E-state index in [-0.39, 0.29) is 55.4 Å². The Morgan fingerprint density at radius 3 is 1.44 bits per heavy atom. The topological polar surface area (TPSA) is 147 Å². The predicted octanol–water partition coefficient (Wildman–Crippen LogP) is 7.88. The number of amides is 1. The molecule has 2 aromatic rings. The van der Waals surface area contributed by atoms with Gasteiger partial charge in [-0.2, -0.15) is 26.3 Å². The average molecular weight is 819 g/mol. The van der Waals surface area contributed by atoms with Crippen molar-refractivity contribution in [1.82, 2.24) is 0 Å². The normalized spacial score (nSPS) is 17.8. The molecule has 2 aromatic carbocycles. The fraction of sp³-hybridized carbons (Fsp3) is 0.564. The molecule has 0 bridgehead atoms. The zero-order valence-corrected chi connectivity index (χ0v) is 33.2. The van der Waals surface area contributed by atoms with Gasteiger partial charge in [0, 0.05) is 16.8 Å². The van der Waals surface area contributed by atoms with Gasteiger partial charge < -0.3 is 29.0 Å². The Morgan fingerprint density at radius 2 is 1.05 bits per heavy atom. The lowest BCUT2D eigenvalue weighted by Crippen LogP contribution is -2.57. The molecule has 0 aliphatic carbocycles. The van der Waals surface area contributed by atoms with Gasteiger partial charge in [0.15, 0.2) is 0 Å². The fourth-order valence-corrected chi connectivity index (χ4v) is 7.03. The second-order valence-corrected chi connectivity index (χ2v) is 13.9. The molecule has 2 atom stereocenters. The van der Waals surface area contributed by atoms with E-state index in [1.165, 1.54) is 13.8 Å². The molecule has 0 spiro atoms. The highest BCUT2D eigenvalue weighted by molar-refractivity contribution is 6.14. The van der Waals surface area contributed by atoms with Crippen molar-refractivity contribution in [1.29, 1.82) is 0 Å². The number of nitrogens with one attached hydrogen (secondary N) is 1. The summed E-state index contributed by atoms with van der Waals surface area (Å²) in [5.41, 5.74) is -6.97. The van der Waals surface area contributed by atoms with Crippen LogP contribution in [-0.2, 0) is 66.0 Å². The van der Waals surface area contributed by atoms with Crippen molar-refractivity contribution in [3.63, 3.8) is 0 Å². The summed E-state index contributed by atoms with van der Waals surface area (Å²) in [4.78, 5) is 65.9. The Labute approximate surface area is 326 Å². The van der Waals surface area contributed by atoms with Gasteiger partial charge in [0.25, 0.3) is 0 Å². The number of alkyl halides is 6. The van der Waals surface area contributed by atoms with Crippen molar-refractivity contribution in [3.8, 4) is 0 Å². The van der Waals surface area contributed by atoms with E-state index in [1.54, 1.807) is 48.5 Å². The van der Waals surface area contributed by atoms with Crippen molar-refractivity contribution in [2.75, 3.05) is 36.6 Å². The number of ether oxygens (including phenoxy) is 5. The minimum Gasteiger partial charge on any atom is -0.465 e. The number of anilines is 2. The summed E-state index contributed by atoms with van der Waals surface area (Å²) in [6.45, 7) is 14.3. The first-order valence-electron chi connectivity index (χ1n) is 18.4. The molecular formula is C39H48F6N2O10. The Balaban J connectivity index is 0.000000315. The van der Waals surface area contributed by atoms with Crippen LogP contribution in [0.2, 0.25) is 0 Å². The molecule has 0 saturated carbocycles. The summed E-state index contributed by atoms with van der Waals surface area (Å²) < 4.78 is 105. The summed E-state index contributed by atoms with van der Waals surface area (Å²) in [7, 11) is 0. The van der Waals surface area contributed by atoms with Crippen LogP contribution in [0.25, 0.3) is 0 Å². The molecule has 18 heteroatoms. The summed E-state index contributed by atoms with van der Waals surface area (Å²) in [6, 6.07) is 3.45. The van der Waals surface area contributed by atoms with E-state index in [1.807, 2.05) is 0 Å². The van der Waals surface area contributed by atoms with Crippen LogP contribution < -0.4 is 10.2 Å². The third-order valence-electron chi connectivity index (χ3n) is 9.22. The lowest BCUT2D eigenvalue weighted by molar-refractivity contribution is -0.167. The number of nitrogens with zero attached hydrogens (tertiary/aromatic N) is 1. The number of carbonyl (C=O) groups is 5. The number of carbonyl (C=O) groups excluding carboxylic acids is 5. The molecule has 0 fully saturated rings. The summed E-state index contributed by atoms with van der Waals surface area (Å²) in [5.74, 6) is -3.66. The second-order valence-electron chi connectivity index (χ2n) is 13.9. The van der Waals surface area contributed by atoms with Crippen molar-refractivity contribution >= 4 is 41.3 Å². The molecule has 2 unspecified atom stereocenters. The van der Waals surface area contributed by atoms with Crippen LogP contribution in [0.15, 0.2) is 36.4 Å². The first-order valence-corrected chi connectivity index (χ1v) is 18.4. The quantitative estimate of drug-likeness (QED) is 0.108. The van der Waals surface area contributed by atoms with Crippen molar-refractivity contribution in [2.45, 2.75) is 116 Å². The average Bonchev–Trinajstić information content (AvgIpc) is 3.61. The maximum Gasteiger partial charge on any atom is 0.416 e. The third-order valence-corrected chi connectivity index (χ3v) is 9.22. The van der Waals surface area contributed by atoms with Crippen LogP contribution in [0.5, 0.6) is 0 Å². The molecule has 0 aromatic heterocycles. The smallest absolute Gasteiger partial charge is 0.416 e. The van der Waals surface area contributed by atoms with Crippen molar-refractivity contribution < 1.29 is 74.0 Å².